The predicted octanol–water partition coefficient (Wildman–Crippen LogP) is -0.0528. The average Bonchev–Trinajstić information content (AvgIpc) is 3.11. The first kappa shape index (κ1) is 19.5. The van der Waals surface area contributed by atoms with Crippen LogP contribution >= 0.6 is 0 Å². The van der Waals surface area contributed by atoms with Gasteiger partial charge in [0.15, 0.2) is 6.67 Å². The Kier molecular flexibility index (Phi) is 5.34. The van der Waals surface area contributed by atoms with Gasteiger partial charge >= 0.3 is 0 Å². The molecule has 1 aromatic heterocycles. The number of para-hydroxylation sites is 2. The first-order chi connectivity index (χ1) is 14.0. The number of sulfonamides is 1. The van der Waals surface area contributed by atoms with E-state index in [2.05, 4.69) is 4.98 Å². The molecule has 8 nitrogen and oxygen atoms in total. The van der Waals surface area contributed by atoms with Crippen molar-refractivity contribution in [2.75, 3.05) is 26.2 Å². The highest BCUT2D eigenvalue weighted by Gasteiger charge is 2.32. The summed E-state index contributed by atoms with van der Waals surface area (Å²) in [6, 6.07) is 16.0. The lowest BCUT2D eigenvalue weighted by atomic mass is 10.2. The molecule has 4 rings (SSSR count). The molecule has 0 atom stereocenters. The maximum Gasteiger partial charge on any atom is 0.244 e. The normalized spacial score (nSPS) is 16.1. The molecule has 150 valence electrons. The van der Waals surface area contributed by atoms with Crippen molar-refractivity contribution in [3.63, 3.8) is 0 Å². The summed E-state index contributed by atoms with van der Waals surface area (Å²) in [6.45, 7) is 2.47. The van der Waals surface area contributed by atoms with E-state index in [1.807, 2.05) is 34.9 Å². The van der Waals surface area contributed by atoms with Gasteiger partial charge in [0, 0.05) is 0 Å². The van der Waals surface area contributed by atoms with Crippen LogP contribution in [-0.4, -0.2) is 53.6 Å². The number of fused-ring (bicyclic) bond motifs is 1. The molecule has 1 aliphatic rings. The lowest BCUT2D eigenvalue weighted by Gasteiger charge is -2.32. The topological polar surface area (TPSA) is 104 Å². The smallest absolute Gasteiger partial charge is 0.244 e. The molecule has 0 spiro atoms. The number of rotatable bonds is 5. The van der Waals surface area contributed by atoms with Crippen molar-refractivity contribution in [3.8, 4) is 6.07 Å². The zero-order valence-electron chi connectivity index (χ0n) is 15.8. The maximum atomic E-state index is 13.0. The lowest BCUT2D eigenvalue weighted by molar-refractivity contribution is -0.926. The zero-order valence-corrected chi connectivity index (χ0v) is 16.6. The van der Waals surface area contributed by atoms with Gasteiger partial charge in [-0.3, -0.25) is 4.57 Å². The van der Waals surface area contributed by atoms with E-state index in [9.17, 15) is 18.8 Å². The molecule has 1 aliphatic heterocycles. The van der Waals surface area contributed by atoms with Crippen LogP contribution in [0.2, 0.25) is 0 Å². The summed E-state index contributed by atoms with van der Waals surface area (Å²) in [4.78, 5) is 5.75. The van der Waals surface area contributed by atoms with Crippen LogP contribution in [-0.2, 0) is 23.3 Å². The van der Waals surface area contributed by atoms with Crippen molar-refractivity contribution in [1.29, 1.82) is 5.26 Å². The van der Waals surface area contributed by atoms with Gasteiger partial charge < -0.3 is 10.0 Å². The number of nitrogens with zero attached hydrogens (tertiary/aromatic N) is 4. The molecule has 3 aromatic rings. The Balaban J connectivity index is 1.50. The van der Waals surface area contributed by atoms with Crippen LogP contribution in [0, 0.1) is 11.3 Å². The highest BCUT2D eigenvalue weighted by atomic mass is 32.2. The minimum Gasteiger partial charge on any atom is -0.388 e. The number of imidazole rings is 1. The van der Waals surface area contributed by atoms with Crippen LogP contribution in [0.1, 0.15) is 11.4 Å². The Labute approximate surface area is 169 Å². The van der Waals surface area contributed by atoms with Crippen molar-refractivity contribution in [2.45, 2.75) is 18.2 Å². The number of hydrogen-bond acceptors (Lipinski definition) is 5. The summed E-state index contributed by atoms with van der Waals surface area (Å²) in [7, 11) is -3.70. The first-order valence-corrected chi connectivity index (χ1v) is 10.9. The van der Waals surface area contributed by atoms with Crippen LogP contribution in [0.15, 0.2) is 53.4 Å². The quantitative estimate of drug-likeness (QED) is 0.611. The molecular weight excluding hydrogens is 390 g/mol. The third-order valence-corrected chi connectivity index (χ3v) is 7.27. The van der Waals surface area contributed by atoms with Gasteiger partial charge in [0.05, 0.1) is 47.7 Å². The summed E-state index contributed by atoms with van der Waals surface area (Å²) in [5, 5.41) is 18.9. The van der Waals surface area contributed by atoms with E-state index in [1.165, 1.54) is 21.3 Å². The molecule has 1 fully saturated rings. The van der Waals surface area contributed by atoms with E-state index in [-0.39, 0.29) is 17.1 Å². The Morgan fingerprint density at radius 1 is 1.10 bits per heavy atom. The van der Waals surface area contributed by atoms with Crippen LogP contribution in [0.4, 0.5) is 0 Å². The fourth-order valence-electron chi connectivity index (χ4n) is 3.77. The molecule has 29 heavy (non-hydrogen) atoms. The number of benzene rings is 2. The third kappa shape index (κ3) is 3.63. The number of nitriles is 1. The molecule has 0 bridgehead atoms. The van der Waals surface area contributed by atoms with Gasteiger partial charge in [-0.05, 0) is 24.3 Å². The first-order valence-electron chi connectivity index (χ1n) is 9.42. The SMILES string of the molecule is N#Cc1ccccc1S(=O)(=O)N1CC[NH+](Cn2c(CO)nc3ccccc32)CC1. The number of hydrogen-bond donors (Lipinski definition) is 2. The maximum absolute atomic E-state index is 13.0. The summed E-state index contributed by atoms with van der Waals surface area (Å²) < 4.78 is 29.4. The second-order valence-electron chi connectivity index (χ2n) is 7.02. The molecule has 0 radical (unpaired) electrons. The van der Waals surface area contributed by atoms with E-state index >= 15 is 0 Å². The molecule has 1 saturated heterocycles. The van der Waals surface area contributed by atoms with Crippen LogP contribution in [0.3, 0.4) is 0 Å². The van der Waals surface area contributed by atoms with Gasteiger partial charge in [-0.25, -0.2) is 13.4 Å². The zero-order chi connectivity index (χ0) is 20.4. The molecule has 0 saturated carbocycles. The monoisotopic (exact) mass is 412 g/mol. The predicted molar refractivity (Wildman–Crippen MR) is 106 cm³/mol. The van der Waals surface area contributed by atoms with Gasteiger partial charge in [0.25, 0.3) is 0 Å². The number of aliphatic hydroxyl groups excluding tert-OH is 1. The van der Waals surface area contributed by atoms with E-state index in [1.54, 1.807) is 12.1 Å². The van der Waals surface area contributed by atoms with Crippen LogP contribution in [0.25, 0.3) is 11.0 Å². The number of nitrogens with one attached hydrogen (secondary N) is 1. The molecule has 0 aliphatic carbocycles. The molecule has 0 unspecified atom stereocenters. The molecule has 9 heteroatoms. The number of aliphatic hydroxyl groups is 1. The van der Waals surface area contributed by atoms with Gasteiger partial charge in [-0.15, -0.1) is 0 Å². The van der Waals surface area contributed by atoms with E-state index in [0.717, 1.165) is 11.0 Å². The van der Waals surface area contributed by atoms with Crippen LogP contribution < -0.4 is 4.90 Å². The van der Waals surface area contributed by atoms with E-state index in [4.69, 9.17) is 0 Å². The molecule has 0 amide bonds. The lowest BCUT2D eigenvalue weighted by Crippen LogP contribution is -3.14. The van der Waals surface area contributed by atoms with Crippen molar-refractivity contribution in [2.24, 2.45) is 0 Å². The fraction of sp³-hybridized carbons (Fsp3) is 0.300. The average molecular weight is 412 g/mol. The van der Waals surface area contributed by atoms with Crippen molar-refractivity contribution >= 4 is 21.1 Å². The minimum absolute atomic E-state index is 0.0640. The number of quaternary nitrogens is 1. The van der Waals surface area contributed by atoms with Gasteiger partial charge in [-0.2, -0.15) is 9.57 Å². The third-order valence-electron chi connectivity index (χ3n) is 5.31. The highest BCUT2D eigenvalue weighted by Crippen LogP contribution is 2.20. The Morgan fingerprint density at radius 2 is 1.79 bits per heavy atom. The van der Waals surface area contributed by atoms with E-state index < -0.39 is 10.0 Å². The Morgan fingerprint density at radius 3 is 2.52 bits per heavy atom. The summed E-state index contributed by atoms with van der Waals surface area (Å²) in [5.41, 5.74) is 1.96. The van der Waals surface area contributed by atoms with Crippen molar-refractivity contribution < 1.29 is 18.4 Å². The fourth-order valence-corrected chi connectivity index (χ4v) is 5.35. The summed E-state index contributed by atoms with van der Waals surface area (Å²) in [6.07, 6.45) is 0. The van der Waals surface area contributed by atoms with Crippen molar-refractivity contribution in [1.82, 2.24) is 13.9 Å². The second-order valence-corrected chi connectivity index (χ2v) is 8.93. The number of piperazine rings is 1. The summed E-state index contributed by atoms with van der Waals surface area (Å²) in [5.74, 6) is 0.608. The number of aromatic nitrogens is 2. The van der Waals surface area contributed by atoms with Crippen LogP contribution in [0.5, 0.6) is 0 Å². The standard InChI is InChI=1S/C20H21N5O3S/c21-13-16-5-1-4-8-19(16)29(27,28)24-11-9-23(10-12-24)15-25-18-7-3-2-6-17(18)22-20(25)14-26/h1-8,26H,9-12,14-15H2/p+1. The molecule has 2 N–H and O–H groups in total. The van der Waals surface area contributed by atoms with Crippen molar-refractivity contribution in [3.05, 3.63) is 59.9 Å². The van der Waals surface area contributed by atoms with Gasteiger partial charge in [0.1, 0.15) is 18.5 Å². The van der Waals surface area contributed by atoms with Gasteiger partial charge in [-0.1, -0.05) is 24.3 Å². The second kappa shape index (κ2) is 7.93. The Hall–Kier alpha value is -2.77. The minimum atomic E-state index is -3.70. The van der Waals surface area contributed by atoms with Gasteiger partial charge in [0.2, 0.25) is 10.0 Å². The molecule has 2 aromatic carbocycles. The molecular formula is C20H22N5O3S+. The van der Waals surface area contributed by atoms with E-state index in [0.29, 0.717) is 38.7 Å². The summed E-state index contributed by atoms with van der Waals surface area (Å²) >= 11 is 0. The Bertz CT molecular complexity index is 1170. The molecule has 2 heterocycles. The highest BCUT2D eigenvalue weighted by molar-refractivity contribution is 7.89. The largest absolute Gasteiger partial charge is 0.388 e.